The first-order chi connectivity index (χ1) is 12.6. The monoisotopic (exact) mass is 351 g/mol. The van der Waals surface area contributed by atoms with Gasteiger partial charge in [0.1, 0.15) is 17.2 Å². The Kier molecular flexibility index (Phi) is 4.89. The van der Waals surface area contributed by atoms with Crippen LogP contribution in [0.5, 0.6) is 17.2 Å². The molecule has 0 saturated heterocycles. The van der Waals surface area contributed by atoms with Gasteiger partial charge in [-0.2, -0.15) is 5.10 Å². The lowest BCUT2D eigenvalue weighted by Gasteiger charge is -2.07. The number of hydrogen-bond donors (Lipinski definition) is 3. The van der Waals surface area contributed by atoms with Gasteiger partial charge in [-0.1, -0.05) is 0 Å². The molecule has 0 aliphatic heterocycles. The molecule has 7 nitrogen and oxygen atoms in total. The molecule has 0 bridgehead atoms. The number of methoxy groups -OCH3 is 1. The fourth-order valence-electron chi connectivity index (χ4n) is 2.36. The van der Waals surface area contributed by atoms with Crippen molar-refractivity contribution in [3.8, 4) is 22.9 Å². The molecule has 7 heteroatoms. The molecule has 0 aliphatic carbocycles. The van der Waals surface area contributed by atoms with Gasteiger partial charge in [0.15, 0.2) is 0 Å². The fourth-order valence-corrected chi connectivity index (χ4v) is 2.36. The summed E-state index contributed by atoms with van der Waals surface area (Å²) in [5.74, 6) is -0.176. The first-order valence-electron chi connectivity index (χ1n) is 7.75. The van der Waals surface area contributed by atoms with Crippen molar-refractivity contribution in [1.82, 2.24) is 9.99 Å². The van der Waals surface area contributed by atoms with Gasteiger partial charge in [0, 0.05) is 29.7 Å². The number of benzene rings is 2. The van der Waals surface area contributed by atoms with Gasteiger partial charge in [0.2, 0.25) is 0 Å². The second kappa shape index (κ2) is 7.43. The Labute approximate surface area is 149 Å². The number of hydrazone groups is 1. The van der Waals surface area contributed by atoms with Crippen LogP contribution in [-0.2, 0) is 0 Å². The van der Waals surface area contributed by atoms with Crippen molar-refractivity contribution in [1.29, 1.82) is 0 Å². The second-order valence-electron chi connectivity index (χ2n) is 5.42. The maximum absolute atomic E-state index is 12.2. The van der Waals surface area contributed by atoms with Gasteiger partial charge in [0.05, 0.1) is 18.9 Å². The Bertz CT molecular complexity index is 949. The number of aromatic hydroxyl groups is 2. The third-order valence-electron chi connectivity index (χ3n) is 3.73. The first-order valence-corrected chi connectivity index (χ1v) is 7.75. The van der Waals surface area contributed by atoms with E-state index in [1.54, 1.807) is 18.2 Å². The Morgan fingerprint density at radius 2 is 1.88 bits per heavy atom. The molecule has 1 aromatic heterocycles. The first kappa shape index (κ1) is 17.1. The summed E-state index contributed by atoms with van der Waals surface area (Å²) in [7, 11) is 1.51. The number of nitrogens with one attached hydrogen (secondary N) is 1. The third kappa shape index (κ3) is 3.67. The van der Waals surface area contributed by atoms with Crippen molar-refractivity contribution < 1.29 is 19.7 Å². The number of amides is 1. The van der Waals surface area contributed by atoms with Crippen molar-refractivity contribution in [2.75, 3.05) is 7.11 Å². The molecule has 1 heterocycles. The highest BCUT2D eigenvalue weighted by atomic mass is 16.5. The summed E-state index contributed by atoms with van der Waals surface area (Å²) in [5, 5.41) is 23.7. The van der Waals surface area contributed by atoms with E-state index in [4.69, 9.17) is 4.74 Å². The summed E-state index contributed by atoms with van der Waals surface area (Å²) in [4.78, 5) is 12.2. The summed E-state index contributed by atoms with van der Waals surface area (Å²) in [6.45, 7) is 0. The van der Waals surface area contributed by atoms with Crippen molar-refractivity contribution in [3.05, 3.63) is 72.1 Å². The molecule has 0 aliphatic rings. The third-order valence-corrected chi connectivity index (χ3v) is 3.73. The summed E-state index contributed by atoms with van der Waals surface area (Å²) >= 11 is 0. The average Bonchev–Trinajstić information content (AvgIpc) is 3.17. The molecule has 2 aromatic carbocycles. The van der Waals surface area contributed by atoms with E-state index in [9.17, 15) is 15.0 Å². The van der Waals surface area contributed by atoms with E-state index in [0.717, 1.165) is 5.69 Å². The standard InChI is InChI=1S/C19H17N3O4/c1-26-15-5-7-17(23)13(10-15)12-20-21-19(25)16-6-4-14(11-18(16)24)22-8-2-3-9-22/h2-12,23-24H,1H3,(H,21,25). The van der Waals surface area contributed by atoms with E-state index in [2.05, 4.69) is 10.5 Å². The molecular formula is C19H17N3O4. The van der Waals surface area contributed by atoms with E-state index >= 15 is 0 Å². The Balaban J connectivity index is 1.72. The SMILES string of the molecule is COc1ccc(O)c(C=NNC(=O)c2ccc(-n3cccc3)cc2O)c1. The number of phenols is 2. The highest BCUT2D eigenvalue weighted by molar-refractivity contribution is 5.97. The zero-order valence-electron chi connectivity index (χ0n) is 14.0. The smallest absolute Gasteiger partial charge is 0.275 e. The van der Waals surface area contributed by atoms with Gasteiger partial charge < -0.3 is 19.5 Å². The van der Waals surface area contributed by atoms with Crippen molar-refractivity contribution >= 4 is 12.1 Å². The number of hydrogen-bond acceptors (Lipinski definition) is 5. The molecule has 132 valence electrons. The summed E-state index contributed by atoms with van der Waals surface area (Å²) < 4.78 is 6.88. The van der Waals surface area contributed by atoms with Gasteiger partial charge in [-0.25, -0.2) is 5.43 Å². The van der Waals surface area contributed by atoms with Gasteiger partial charge in [0.25, 0.3) is 5.91 Å². The molecular weight excluding hydrogens is 334 g/mol. The van der Waals surface area contributed by atoms with Crippen LogP contribution in [0.3, 0.4) is 0 Å². The van der Waals surface area contributed by atoms with Crippen LogP contribution < -0.4 is 10.2 Å². The molecule has 0 unspecified atom stereocenters. The lowest BCUT2D eigenvalue weighted by atomic mass is 10.1. The highest BCUT2D eigenvalue weighted by Gasteiger charge is 2.11. The summed E-state index contributed by atoms with van der Waals surface area (Å²) in [6, 6.07) is 13.1. The highest BCUT2D eigenvalue weighted by Crippen LogP contribution is 2.22. The number of nitrogens with zero attached hydrogens (tertiary/aromatic N) is 2. The Morgan fingerprint density at radius 3 is 2.58 bits per heavy atom. The number of ether oxygens (including phenoxy) is 1. The zero-order chi connectivity index (χ0) is 18.5. The van der Waals surface area contributed by atoms with E-state index in [0.29, 0.717) is 11.3 Å². The fraction of sp³-hybridized carbons (Fsp3) is 0.0526. The van der Waals surface area contributed by atoms with Gasteiger partial charge in [-0.05, 0) is 42.5 Å². The summed E-state index contributed by atoms with van der Waals surface area (Å²) in [5.41, 5.74) is 3.53. The minimum atomic E-state index is -0.569. The Morgan fingerprint density at radius 1 is 1.12 bits per heavy atom. The average molecular weight is 351 g/mol. The lowest BCUT2D eigenvalue weighted by molar-refractivity contribution is 0.0952. The van der Waals surface area contributed by atoms with Crippen LogP contribution >= 0.6 is 0 Å². The number of carbonyl (C=O) groups excluding carboxylic acids is 1. The predicted octanol–water partition coefficient (Wildman–Crippen LogP) is 2.66. The van der Waals surface area contributed by atoms with Gasteiger partial charge in [-0.15, -0.1) is 0 Å². The predicted molar refractivity (Wildman–Crippen MR) is 97.2 cm³/mol. The van der Waals surface area contributed by atoms with Crippen LogP contribution in [0.4, 0.5) is 0 Å². The maximum Gasteiger partial charge on any atom is 0.275 e. The minimum absolute atomic E-state index is 0.00252. The normalized spacial score (nSPS) is 10.8. The van der Waals surface area contributed by atoms with Crippen LogP contribution in [-0.4, -0.2) is 34.0 Å². The number of carbonyl (C=O) groups is 1. The number of aromatic nitrogens is 1. The van der Waals surface area contributed by atoms with Crippen LogP contribution in [0, 0.1) is 0 Å². The van der Waals surface area contributed by atoms with Crippen molar-refractivity contribution in [2.24, 2.45) is 5.10 Å². The van der Waals surface area contributed by atoms with E-state index in [1.165, 1.54) is 31.5 Å². The van der Waals surface area contributed by atoms with Crippen molar-refractivity contribution in [3.63, 3.8) is 0 Å². The van der Waals surface area contributed by atoms with Crippen LogP contribution in [0.15, 0.2) is 66.0 Å². The molecule has 0 saturated carbocycles. The number of phenolic OH excluding ortho intramolecular Hbond substituents is 2. The minimum Gasteiger partial charge on any atom is -0.507 e. The molecule has 26 heavy (non-hydrogen) atoms. The van der Waals surface area contributed by atoms with E-state index < -0.39 is 5.91 Å². The molecule has 3 aromatic rings. The van der Waals surface area contributed by atoms with Crippen molar-refractivity contribution in [2.45, 2.75) is 0 Å². The maximum atomic E-state index is 12.2. The quantitative estimate of drug-likeness (QED) is 0.486. The topological polar surface area (TPSA) is 96.1 Å². The van der Waals surface area contributed by atoms with Gasteiger partial charge in [-0.3, -0.25) is 4.79 Å². The van der Waals surface area contributed by atoms with Crippen LogP contribution in [0.25, 0.3) is 5.69 Å². The molecule has 1 amide bonds. The zero-order valence-corrected chi connectivity index (χ0v) is 14.0. The van der Waals surface area contributed by atoms with Crippen LogP contribution in [0.1, 0.15) is 15.9 Å². The summed E-state index contributed by atoms with van der Waals surface area (Å²) in [6.07, 6.45) is 4.96. The second-order valence-corrected chi connectivity index (χ2v) is 5.42. The molecule has 0 atom stereocenters. The molecule has 3 N–H and O–H groups in total. The van der Waals surface area contributed by atoms with E-state index in [1.807, 2.05) is 29.1 Å². The number of rotatable bonds is 5. The van der Waals surface area contributed by atoms with E-state index in [-0.39, 0.29) is 17.1 Å². The largest absolute Gasteiger partial charge is 0.507 e. The lowest BCUT2D eigenvalue weighted by Crippen LogP contribution is -2.17. The molecule has 0 radical (unpaired) electrons. The Hall–Kier alpha value is -3.74. The molecule has 0 fully saturated rings. The molecule has 3 rings (SSSR count). The van der Waals surface area contributed by atoms with Crippen LogP contribution in [0.2, 0.25) is 0 Å². The molecule has 0 spiro atoms. The van der Waals surface area contributed by atoms with Gasteiger partial charge >= 0.3 is 0 Å².